The fraction of sp³-hybridized carbons (Fsp3) is 0.471. The molecule has 21 heavy (non-hydrogen) atoms. The highest BCUT2D eigenvalue weighted by Crippen LogP contribution is 2.26. The molecule has 0 bridgehead atoms. The van der Waals surface area contributed by atoms with Crippen LogP contribution in [-0.4, -0.2) is 56.6 Å². The fourth-order valence-corrected chi connectivity index (χ4v) is 2.97. The standard InChI is InChI=1S/C17H23N2O2/c1-19(10-7-18-8-11-19)9-6-16(20)15-12-14-4-2-3-5-17(14)21-13-15/h2-5,12,18H,6-11,13H2,1H3/q+1. The van der Waals surface area contributed by atoms with Gasteiger partial charge in [0.25, 0.3) is 0 Å². The van der Waals surface area contributed by atoms with Gasteiger partial charge in [0.1, 0.15) is 12.4 Å². The van der Waals surface area contributed by atoms with Crippen LogP contribution in [0.15, 0.2) is 29.8 Å². The number of likely N-dealkylation sites (N-methyl/N-ethyl adjacent to an activating group) is 1. The minimum Gasteiger partial charge on any atom is -0.488 e. The van der Waals surface area contributed by atoms with Gasteiger partial charge in [0.05, 0.1) is 33.1 Å². The van der Waals surface area contributed by atoms with Gasteiger partial charge in [-0.3, -0.25) is 4.79 Å². The molecule has 1 aromatic rings. The highest BCUT2D eigenvalue weighted by molar-refractivity contribution is 6.00. The summed E-state index contributed by atoms with van der Waals surface area (Å²) in [7, 11) is 2.25. The lowest BCUT2D eigenvalue weighted by Gasteiger charge is -2.38. The molecule has 0 spiro atoms. The smallest absolute Gasteiger partial charge is 0.167 e. The van der Waals surface area contributed by atoms with Gasteiger partial charge in [-0.05, 0) is 12.1 Å². The van der Waals surface area contributed by atoms with E-state index in [4.69, 9.17) is 4.74 Å². The summed E-state index contributed by atoms with van der Waals surface area (Å²) in [5, 5.41) is 3.37. The molecule has 0 radical (unpaired) electrons. The number of carbonyl (C=O) groups is 1. The summed E-state index contributed by atoms with van der Waals surface area (Å²) in [5.74, 6) is 1.09. The minimum atomic E-state index is 0.224. The molecular weight excluding hydrogens is 264 g/mol. The van der Waals surface area contributed by atoms with E-state index in [0.717, 1.165) is 54.1 Å². The van der Waals surface area contributed by atoms with Crippen LogP contribution in [0, 0.1) is 0 Å². The molecule has 1 aromatic carbocycles. The van der Waals surface area contributed by atoms with Gasteiger partial charge in [-0.15, -0.1) is 0 Å². The number of nitrogens with one attached hydrogen (secondary N) is 1. The Balaban J connectivity index is 1.63. The van der Waals surface area contributed by atoms with Crippen LogP contribution in [0.1, 0.15) is 12.0 Å². The van der Waals surface area contributed by atoms with Gasteiger partial charge in [-0.1, -0.05) is 18.2 Å². The van der Waals surface area contributed by atoms with E-state index in [1.54, 1.807) is 0 Å². The number of quaternary nitrogens is 1. The van der Waals surface area contributed by atoms with Crippen molar-refractivity contribution in [3.8, 4) is 5.75 Å². The van der Waals surface area contributed by atoms with Crippen molar-refractivity contribution in [2.45, 2.75) is 6.42 Å². The van der Waals surface area contributed by atoms with Crippen LogP contribution in [-0.2, 0) is 4.79 Å². The second-order valence-corrected chi connectivity index (χ2v) is 6.21. The number of hydrogen-bond donors (Lipinski definition) is 1. The number of rotatable bonds is 4. The van der Waals surface area contributed by atoms with Crippen molar-refractivity contribution in [1.82, 2.24) is 5.32 Å². The number of piperazine rings is 1. The molecule has 2 heterocycles. The molecule has 2 aliphatic heterocycles. The molecule has 4 nitrogen and oxygen atoms in total. The van der Waals surface area contributed by atoms with Crippen LogP contribution >= 0.6 is 0 Å². The molecule has 1 N–H and O–H groups in total. The minimum absolute atomic E-state index is 0.224. The molecule has 112 valence electrons. The summed E-state index contributed by atoms with van der Waals surface area (Å²) in [6.07, 6.45) is 2.59. The topological polar surface area (TPSA) is 38.3 Å². The number of nitrogens with zero attached hydrogens (tertiary/aromatic N) is 1. The molecular formula is C17H23N2O2+. The number of benzene rings is 1. The summed E-state index contributed by atoms with van der Waals surface area (Å²) in [5.41, 5.74) is 1.81. The van der Waals surface area contributed by atoms with E-state index in [1.165, 1.54) is 0 Å². The number of ether oxygens (including phenoxy) is 1. The van der Waals surface area contributed by atoms with Gasteiger partial charge in [-0.2, -0.15) is 0 Å². The summed E-state index contributed by atoms with van der Waals surface area (Å²) >= 11 is 0. The van der Waals surface area contributed by atoms with Gasteiger partial charge >= 0.3 is 0 Å². The third-order valence-corrected chi connectivity index (χ3v) is 4.53. The van der Waals surface area contributed by atoms with Crippen molar-refractivity contribution in [1.29, 1.82) is 0 Å². The van der Waals surface area contributed by atoms with Crippen molar-refractivity contribution < 1.29 is 14.0 Å². The lowest BCUT2D eigenvalue weighted by atomic mass is 10.0. The van der Waals surface area contributed by atoms with E-state index in [9.17, 15) is 4.79 Å². The monoisotopic (exact) mass is 287 g/mol. The fourth-order valence-electron chi connectivity index (χ4n) is 2.97. The number of para-hydroxylation sites is 1. The van der Waals surface area contributed by atoms with Crippen LogP contribution in [0.2, 0.25) is 0 Å². The highest BCUT2D eigenvalue weighted by atomic mass is 16.5. The zero-order chi connectivity index (χ0) is 14.7. The Kier molecular flexibility index (Phi) is 4.08. The van der Waals surface area contributed by atoms with Gasteiger partial charge < -0.3 is 14.5 Å². The lowest BCUT2D eigenvalue weighted by Crippen LogP contribution is -2.56. The first-order chi connectivity index (χ1) is 10.2. The molecule has 4 heteroatoms. The van der Waals surface area contributed by atoms with Gasteiger partial charge in [0.15, 0.2) is 5.78 Å². The Hall–Kier alpha value is -1.65. The normalized spacial score (nSPS) is 20.1. The molecule has 0 atom stereocenters. The van der Waals surface area contributed by atoms with Crippen LogP contribution in [0.5, 0.6) is 5.75 Å². The molecule has 0 amide bonds. The molecule has 1 saturated heterocycles. The SMILES string of the molecule is C[N+]1(CCC(=O)C2=Cc3ccccc3OC2)CCNCC1. The Morgan fingerprint density at radius 2 is 2.05 bits per heavy atom. The Labute approximate surface area is 126 Å². The number of carbonyl (C=O) groups excluding carboxylic acids is 1. The number of ketones is 1. The summed E-state index contributed by atoms with van der Waals surface area (Å²) in [6, 6.07) is 7.86. The summed E-state index contributed by atoms with van der Waals surface area (Å²) in [6.45, 7) is 5.62. The van der Waals surface area contributed by atoms with Crippen LogP contribution in [0.3, 0.4) is 0 Å². The van der Waals surface area contributed by atoms with E-state index in [-0.39, 0.29) is 5.78 Å². The first-order valence-corrected chi connectivity index (χ1v) is 7.66. The lowest BCUT2D eigenvalue weighted by molar-refractivity contribution is -0.910. The summed E-state index contributed by atoms with van der Waals surface area (Å²) in [4.78, 5) is 12.4. The molecule has 3 rings (SSSR count). The van der Waals surface area contributed by atoms with E-state index in [1.807, 2.05) is 30.3 Å². The van der Waals surface area contributed by atoms with Crippen LogP contribution < -0.4 is 10.1 Å². The summed E-state index contributed by atoms with van der Waals surface area (Å²) < 4.78 is 6.66. The zero-order valence-electron chi connectivity index (χ0n) is 12.6. The van der Waals surface area contributed by atoms with Crippen LogP contribution in [0.4, 0.5) is 0 Å². The van der Waals surface area contributed by atoms with Gasteiger partial charge in [0.2, 0.25) is 0 Å². The Bertz CT molecular complexity index is 560. The first kappa shape index (κ1) is 14.3. The van der Waals surface area contributed by atoms with Gasteiger partial charge in [-0.25, -0.2) is 0 Å². The average Bonchev–Trinajstić information content (AvgIpc) is 2.53. The van der Waals surface area contributed by atoms with E-state index < -0.39 is 0 Å². The van der Waals surface area contributed by atoms with E-state index in [2.05, 4.69) is 12.4 Å². The van der Waals surface area contributed by atoms with Gasteiger partial charge in [0, 0.05) is 24.2 Å². The highest BCUT2D eigenvalue weighted by Gasteiger charge is 2.26. The molecule has 0 aliphatic carbocycles. The maximum Gasteiger partial charge on any atom is 0.167 e. The van der Waals surface area contributed by atoms with Crippen LogP contribution in [0.25, 0.3) is 6.08 Å². The number of Topliss-reactive ketones (excluding diaryl/α,β-unsaturated/α-hetero) is 1. The Morgan fingerprint density at radius 1 is 1.29 bits per heavy atom. The van der Waals surface area contributed by atoms with Crippen molar-refractivity contribution in [2.24, 2.45) is 0 Å². The number of hydrogen-bond acceptors (Lipinski definition) is 3. The van der Waals surface area contributed by atoms with E-state index in [0.29, 0.717) is 13.0 Å². The largest absolute Gasteiger partial charge is 0.488 e. The average molecular weight is 287 g/mol. The Morgan fingerprint density at radius 3 is 2.86 bits per heavy atom. The second kappa shape index (κ2) is 6.00. The molecule has 0 unspecified atom stereocenters. The molecule has 1 fully saturated rings. The second-order valence-electron chi connectivity index (χ2n) is 6.21. The molecule has 0 aromatic heterocycles. The van der Waals surface area contributed by atoms with Crippen molar-refractivity contribution in [2.75, 3.05) is 46.4 Å². The van der Waals surface area contributed by atoms with E-state index >= 15 is 0 Å². The predicted octanol–water partition coefficient (Wildman–Crippen LogP) is 1.47. The number of fused-ring (bicyclic) bond motifs is 1. The van der Waals surface area contributed by atoms with Crippen molar-refractivity contribution in [3.05, 3.63) is 35.4 Å². The maximum atomic E-state index is 12.4. The quantitative estimate of drug-likeness (QED) is 0.852. The van der Waals surface area contributed by atoms with Crippen molar-refractivity contribution >= 4 is 11.9 Å². The molecule has 0 saturated carbocycles. The predicted molar refractivity (Wildman–Crippen MR) is 83.2 cm³/mol. The third-order valence-electron chi connectivity index (χ3n) is 4.53. The maximum absolute atomic E-state index is 12.4. The first-order valence-electron chi connectivity index (χ1n) is 7.66. The zero-order valence-corrected chi connectivity index (χ0v) is 12.6. The third kappa shape index (κ3) is 3.34. The molecule has 2 aliphatic rings. The van der Waals surface area contributed by atoms with Crippen molar-refractivity contribution in [3.63, 3.8) is 0 Å².